The predicted octanol–water partition coefficient (Wildman–Crippen LogP) is -0.164. The van der Waals surface area contributed by atoms with Crippen LogP contribution in [0.25, 0.3) is 11.2 Å². The van der Waals surface area contributed by atoms with Gasteiger partial charge in [-0.1, -0.05) is 30.3 Å². The van der Waals surface area contributed by atoms with Crippen LogP contribution in [-0.2, 0) is 18.3 Å². The summed E-state index contributed by atoms with van der Waals surface area (Å²) in [6, 6.07) is 9.89. The third-order valence-electron chi connectivity index (χ3n) is 5.32. The summed E-state index contributed by atoms with van der Waals surface area (Å²) in [5.41, 5.74) is 6.88. The van der Waals surface area contributed by atoms with Crippen LogP contribution in [0.1, 0.15) is 23.7 Å². The van der Waals surface area contributed by atoms with Crippen LogP contribution in [0.4, 0.5) is 0 Å². The van der Waals surface area contributed by atoms with E-state index in [9.17, 15) is 14.4 Å². The largest absolute Gasteiger partial charge is 0.340 e. The van der Waals surface area contributed by atoms with Crippen molar-refractivity contribution in [2.24, 2.45) is 12.8 Å². The number of nitrogens with two attached hydrogens (primary N) is 1. The van der Waals surface area contributed by atoms with Gasteiger partial charge in [0.05, 0.1) is 0 Å². The molecule has 1 aliphatic rings. The third-order valence-corrected chi connectivity index (χ3v) is 5.32. The van der Waals surface area contributed by atoms with Crippen LogP contribution >= 0.6 is 0 Å². The van der Waals surface area contributed by atoms with Gasteiger partial charge >= 0.3 is 5.69 Å². The highest BCUT2D eigenvalue weighted by molar-refractivity contribution is 5.77. The molecular weight excluding hydrogens is 360 g/mol. The van der Waals surface area contributed by atoms with Crippen molar-refractivity contribution in [3.05, 3.63) is 62.6 Å². The lowest BCUT2D eigenvalue weighted by Crippen LogP contribution is -2.32. The van der Waals surface area contributed by atoms with E-state index in [1.807, 2.05) is 30.3 Å². The Morgan fingerprint density at radius 2 is 1.96 bits per heavy atom. The van der Waals surface area contributed by atoms with E-state index in [0.717, 1.165) is 5.56 Å². The van der Waals surface area contributed by atoms with Gasteiger partial charge in [-0.2, -0.15) is 0 Å². The fraction of sp³-hybridized carbons (Fsp3) is 0.368. The molecule has 0 radical (unpaired) electrons. The van der Waals surface area contributed by atoms with Crippen molar-refractivity contribution in [2.75, 3.05) is 13.1 Å². The number of H-pyrrole nitrogens is 2. The summed E-state index contributed by atoms with van der Waals surface area (Å²) >= 11 is 0. The summed E-state index contributed by atoms with van der Waals surface area (Å²) in [5.74, 6) is 0.625. The minimum atomic E-state index is -0.523. The molecule has 28 heavy (non-hydrogen) atoms. The number of amides is 1. The Labute approximate surface area is 160 Å². The summed E-state index contributed by atoms with van der Waals surface area (Å²) in [5, 5.41) is 0. The van der Waals surface area contributed by atoms with Crippen molar-refractivity contribution in [1.29, 1.82) is 0 Å². The lowest BCUT2D eigenvalue weighted by molar-refractivity contribution is -0.130. The number of aromatic amines is 2. The fourth-order valence-electron chi connectivity index (χ4n) is 3.74. The number of hydrogen-bond acceptors (Lipinski definition) is 5. The molecule has 1 saturated heterocycles. The average Bonchev–Trinajstić information content (AvgIpc) is 3.29. The lowest BCUT2D eigenvalue weighted by atomic mass is 9.95. The van der Waals surface area contributed by atoms with Crippen molar-refractivity contribution >= 4 is 17.1 Å². The standard InChI is InChI=1S/C19H22N6O3/c1-24-17-16(18(27)23-19(24)28)21-14(22-17)7-8-15(26)25-9-12(13(20)10-25)11-5-3-2-4-6-11/h2-6,12-13H,7-10,20H2,1H3,(H,21,22)(H,23,27,28)/t12-,13+/m0/s1. The first kappa shape index (κ1) is 18.2. The van der Waals surface area contributed by atoms with Crippen LogP contribution in [0.3, 0.4) is 0 Å². The predicted molar refractivity (Wildman–Crippen MR) is 104 cm³/mol. The van der Waals surface area contributed by atoms with Crippen molar-refractivity contribution in [2.45, 2.75) is 24.8 Å². The van der Waals surface area contributed by atoms with E-state index in [1.165, 1.54) is 11.6 Å². The first-order chi connectivity index (χ1) is 13.4. The van der Waals surface area contributed by atoms with E-state index in [1.54, 1.807) is 4.90 Å². The molecule has 9 nitrogen and oxygen atoms in total. The zero-order valence-corrected chi connectivity index (χ0v) is 15.5. The van der Waals surface area contributed by atoms with Gasteiger partial charge in [0.2, 0.25) is 5.91 Å². The van der Waals surface area contributed by atoms with E-state index in [2.05, 4.69) is 15.0 Å². The topological polar surface area (TPSA) is 130 Å². The maximum atomic E-state index is 12.6. The number of aromatic nitrogens is 4. The molecule has 146 valence electrons. The SMILES string of the molecule is Cn1c(=O)[nH]c(=O)c2[nH]c(CCC(=O)N3C[C@@H](N)[C@H](c4ccccc4)C3)nc21. The Morgan fingerprint density at radius 3 is 2.71 bits per heavy atom. The molecule has 2 aromatic heterocycles. The summed E-state index contributed by atoms with van der Waals surface area (Å²) in [6.07, 6.45) is 0.600. The van der Waals surface area contributed by atoms with E-state index in [-0.39, 0.29) is 35.5 Å². The number of nitrogens with zero attached hydrogens (tertiary/aromatic N) is 3. The van der Waals surface area contributed by atoms with Crippen molar-refractivity contribution < 1.29 is 4.79 Å². The van der Waals surface area contributed by atoms with Crippen molar-refractivity contribution in [1.82, 2.24) is 24.4 Å². The zero-order chi connectivity index (χ0) is 19.8. The fourth-order valence-corrected chi connectivity index (χ4v) is 3.74. The van der Waals surface area contributed by atoms with E-state index >= 15 is 0 Å². The zero-order valence-electron chi connectivity index (χ0n) is 15.5. The van der Waals surface area contributed by atoms with Gasteiger partial charge in [0.1, 0.15) is 11.3 Å². The van der Waals surface area contributed by atoms with Crippen LogP contribution in [0.15, 0.2) is 39.9 Å². The highest BCUT2D eigenvalue weighted by atomic mass is 16.2. The van der Waals surface area contributed by atoms with Gasteiger partial charge in [-0.25, -0.2) is 9.78 Å². The van der Waals surface area contributed by atoms with Crippen LogP contribution in [0.5, 0.6) is 0 Å². The molecule has 1 aliphatic heterocycles. The number of aryl methyl sites for hydroxylation is 2. The van der Waals surface area contributed by atoms with Gasteiger partial charge < -0.3 is 15.6 Å². The Bertz CT molecular complexity index is 1130. The molecule has 1 amide bonds. The van der Waals surface area contributed by atoms with E-state index in [0.29, 0.717) is 25.3 Å². The molecule has 4 rings (SSSR count). The highest BCUT2D eigenvalue weighted by Gasteiger charge is 2.33. The summed E-state index contributed by atoms with van der Waals surface area (Å²) in [7, 11) is 1.53. The normalized spacial score (nSPS) is 19.4. The van der Waals surface area contributed by atoms with E-state index < -0.39 is 11.2 Å². The average molecular weight is 382 g/mol. The molecule has 3 heterocycles. The first-order valence-corrected chi connectivity index (χ1v) is 9.20. The number of likely N-dealkylation sites (tertiary alicyclic amines) is 1. The van der Waals surface area contributed by atoms with Gasteiger partial charge in [0.15, 0.2) is 5.65 Å². The molecule has 0 unspecified atom stereocenters. The minimum Gasteiger partial charge on any atom is -0.340 e. The quantitative estimate of drug-likeness (QED) is 0.577. The monoisotopic (exact) mass is 382 g/mol. The molecule has 0 spiro atoms. The Morgan fingerprint density at radius 1 is 1.21 bits per heavy atom. The Balaban J connectivity index is 1.44. The second-order valence-corrected chi connectivity index (χ2v) is 7.18. The van der Waals surface area contributed by atoms with Crippen LogP contribution < -0.4 is 17.0 Å². The smallest absolute Gasteiger partial charge is 0.329 e. The molecule has 2 atom stereocenters. The number of carbonyl (C=O) groups excluding carboxylic acids is 1. The maximum absolute atomic E-state index is 12.6. The summed E-state index contributed by atoms with van der Waals surface area (Å²) < 4.78 is 1.27. The van der Waals surface area contributed by atoms with Crippen LogP contribution in [0.2, 0.25) is 0 Å². The third kappa shape index (κ3) is 3.24. The van der Waals surface area contributed by atoms with Crippen LogP contribution in [0, 0.1) is 0 Å². The molecule has 0 bridgehead atoms. The molecular formula is C19H22N6O3. The molecule has 0 saturated carbocycles. The number of fused-ring (bicyclic) bond motifs is 1. The second-order valence-electron chi connectivity index (χ2n) is 7.18. The van der Waals surface area contributed by atoms with E-state index in [4.69, 9.17) is 5.73 Å². The minimum absolute atomic E-state index is 0.00265. The number of carbonyl (C=O) groups is 1. The molecule has 1 aromatic carbocycles. The summed E-state index contributed by atoms with van der Waals surface area (Å²) in [6.45, 7) is 1.12. The highest BCUT2D eigenvalue weighted by Crippen LogP contribution is 2.26. The number of nitrogens with one attached hydrogen (secondary N) is 2. The Hall–Kier alpha value is -3.20. The van der Waals surface area contributed by atoms with Gasteiger partial charge in [0.25, 0.3) is 5.56 Å². The van der Waals surface area contributed by atoms with Crippen molar-refractivity contribution in [3.8, 4) is 0 Å². The number of rotatable bonds is 4. The van der Waals surface area contributed by atoms with Gasteiger partial charge in [0, 0.05) is 44.9 Å². The molecule has 0 aliphatic carbocycles. The second kappa shape index (κ2) is 7.08. The first-order valence-electron chi connectivity index (χ1n) is 9.20. The molecule has 1 fully saturated rings. The number of imidazole rings is 1. The van der Waals surface area contributed by atoms with Gasteiger partial charge in [-0.3, -0.25) is 19.1 Å². The maximum Gasteiger partial charge on any atom is 0.329 e. The molecule has 9 heteroatoms. The van der Waals surface area contributed by atoms with Gasteiger partial charge in [-0.05, 0) is 5.56 Å². The summed E-state index contributed by atoms with van der Waals surface area (Å²) in [4.78, 5) is 47.4. The molecule has 4 N–H and O–H groups in total. The number of hydrogen-bond donors (Lipinski definition) is 3. The lowest BCUT2D eigenvalue weighted by Gasteiger charge is -2.16. The van der Waals surface area contributed by atoms with Gasteiger partial charge in [-0.15, -0.1) is 0 Å². The molecule has 3 aromatic rings. The Kier molecular flexibility index (Phi) is 4.60. The number of benzene rings is 1. The van der Waals surface area contributed by atoms with Crippen molar-refractivity contribution in [3.63, 3.8) is 0 Å². The van der Waals surface area contributed by atoms with Crippen LogP contribution in [-0.4, -0.2) is 49.5 Å².